The number of hydrogen-bond donors (Lipinski definition) is 0. The first-order valence-corrected chi connectivity index (χ1v) is 14.7. The van der Waals surface area contributed by atoms with Gasteiger partial charge in [0.1, 0.15) is 0 Å². The second-order valence-corrected chi connectivity index (χ2v) is 13.4. The van der Waals surface area contributed by atoms with Crippen LogP contribution in [0.3, 0.4) is 0 Å². The maximum atomic E-state index is 2.49. The van der Waals surface area contributed by atoms with Crippen LogP contribution in [0.15, 0.2) is 103 Å². The molecule has 6 aromatic rings. The van der Waals surface area contributed by atoms with Gasteiger partial charge in [0.25, 0.3) is 0 Å². The van der Waals surface area contributed by atoms with Crippen molar-refractivity contribution in [3.8, 4) is 5.69 Å². The topological polar surface area (TPSA) is 8.17 Å². The summed E-state index contributed by atoms with van der Waals surface area (Å²) in [6.07, 6.45) is 0. The van der Waals surface area contributed by atoms with Crippen molar-refractivity contribution in [2.24, 2.45) is 0 Å². The molecule has 0 amide bonds. The third-order valence-corrected chi connectivity index (χ3v) is 8.98. The molecule has 1 aliphatic heterocycles. The number of nitrogens with zero attached hydrogens (tertiary/aromatic N) is 2. The molecule has 41 heavy (non-hydrogen) atoms. The fourth-order valence-electron chi connectivity index (χ4n) is 6.93. The highest BCUT2D eigenvalue weighted by atomic mass is 15.1. The van der Waals surface area contributed by atoms with Gasteiger partial charge < -0.3 is 9.47 Å². The standard InChI is InChI=1S/C39H38N2/c1-25-21-26(2)23-30(22-25)40(28-17-15-27(16-18-28)38(3,4)5)29-19-20-35-32(24-29)31-11-10-13-34-37(31)41(35)36-14-9-8-12-33(36)39(34,6)7/h8-24H,1-7H3. The number of aryl methyl sites for hydroxylation is 2. The van der Waals surface area contributed by atoms with Crippen LogP contribution in [0, 0.1) is 13.8 Å². The molecule has 0 atom stereocenters. The molecule has 0 unspecified atom stereocenters. The van der Waals surface area contributed by atoms with Crippen molar-refractivity contribution in [3.63, 3.8) is 0 Å². The molecule has 204 valence electrons. The number of fused-ring (bicyclic) bond motifs is 5. The summed E-state index contributed by atoms with van der Waals surface area (Å²) in [5, 5.41) is 2.60. The van der Waals surface area contributed by atoms with Crippen LogP contribution in [-0.4, -0.2) is 4.57 Å². The van der Waals surface area contributed by atoms with Crippen LogP contribution in [0.2, 0.25) is 0 Å². The van der Waals surface area contributed by atoms with E-state index in [4.69, 9.17) is 0 Å². The SMILES string of the molecule is Cc1cc(C)cc(N(c2ccc(C(C)(C)C)cc2)c2ccc3c(c2)c2cccc4c2n3-c2ccccc2C4(C)C)c1. The fourth-order valence-corrected chi connectivity index (χ4v) is 6.93. The van der Waals surface area contributed by atoms with Crippen molar-refractivity contribution in [3.05, 3.63) is 131 Å². The molecule has 0 fully saturated rings. The Hall–Kier alpha value is -4.30. The van der Waals surface area contributed by atoms with E-state index in [0.717, 1.165) is 0 Å². The lowest BCUT2D eigenvalue weighted by molar-refractivity contribution is 0.590. The van der Waals surface area contributed by atoms with E-state index in [9.17, 15) is 0 Å². The molecule has 0 saturated heterocycles. The van der Waals surface area contributed by atoms with Crippen LogP contribution in [0.5, 0.6) is 0 Å². The van der Waals surface area contributed by atoms with E-state index in [2.05, 4.69) is 161 Å². The van der Waals surface area contributed by atoms with Gasteiger partial charge in [-0.3, -0.25) is 0 Å². The normalized spacial score (nSPS) is 13.9. The number of aromatic nitrogens is 1. The highest BCUT2D eigenvalue weighted by molar-refractivity contribution is 6.12. The molecule has 5 aromatic carbocycles. The van der Waals surface area contributed by atoms with Gasteiger partial charge in [0, 0.05) is 33.2 Å². The Morgan fingerprint density at radius 2 is 1.27 bits per heavy atom. The predicted molar refractivity (Wildman–Crippen MR) is 176 cm³/mol. The molecule has 2 heterocycles. The summed E-state index contributed by atoms with van der Waals surface area (Å²) in [6.45, 7) is 15.9. The van der Waals surface area contributed by atoms with Gasteiger partial charge in [-0.2, -0.15) is 0 Å². The maximum Gasteiger partial charge on any atom is 0.0582 e. The molecule has 7 rings (SSSR count). The summed E-state index contributed by atoms with van der Waals surface area (Å²) in [5.74, 6) is 0. The van der Waals surface area contributed by atoms with Crippen LogP contribution in [0.4, 0.5) is 17.1 Å². The van der Waals surface area contributed by atoms with Crippen molar-refractivity contribution in [1.82, 2.24) is 4.57 Å². The third kappa shape index (κ3) is 3.92. The zero-order chi connectivity index (χ0) is 28.7. The lowest BCUT2D eigenvalue weighted by Crippen LogP contribution is -2.26. The summed E-state index contributed by atoms with van der Waals surface area (Å²) in [6, 6.07) is 38.7. The van der Waals surface area contributed by atoms with Crippen LogP contribution in [0.1, 0.15) is 62.4 Å². The summed E-state index contributed by atoms with van der Waals surface area (Å²) < 4.78 is 2.49. The Balaban J connectivity index is 1.50. The van der Waals surface area contributed by atoms with Gasteiger partial charge in [-0.25, -0.2) is 0 Å². The average Bonchev–Trinajstić information content (AvgIpc) is 3.26. The Morgan fingerprint density at radius 1 is 0.610 bits per heavy atom. The first-order chi connectivity index (χ1) is 19.5. The number of rotatable bonds is 3. The minimum atomic E-state index is -0.0662. The van der Waals surface area contributed by atoms with Crippen LogP contribution < -0.4 is 4.90 Å². The Morgan fingerprint density at radius 3 is 1.98 bits per heavy atom. The fraction of sp³-hybridized carbons (Fsp3) is 0.231. The highest BCUT2D eigenvalue weighted by Gasteiger charge is 2.34. The number of hydrogen-bond acceptors (Lipinski definition) is 1. The van der Waals surface area contributed by atoms with Gasteiger partial charge in [0.2, 0.25) is 0 Å². The molecule has 0 N–H and O–H groups in total. The third-order valence-electron chi connectivity index (χ3n) is 8.98. The van der Waals surface area contributed by atoms with Gasteiger partial charge in [-0.05, 0) is 95.6 Å². The summed E-state index contributed by atoms with van der Waals surface area (Å²) in [7, 11) is 0. The molecule has 2 nitrogen and oxygen atoms in total. The molecule has 0 saturated carbocycles. The Labute approximate surface area is 243 Å². The van der Waals surface area contributed by atoms with Crippen molar-refractivity contribution in [2.45, 2.75) is 59.3 Å². The average molecular weight is 535 g/mol. The molecule has 0 bridgehead atoms. The quantitative estimate of drug-likeness (QED) is 0.219. The first-order valence-electron chi connectivity index (χ1n) is 14.7. The maximum absolute atomic E-state index is 2.49. The first kappa shape index (κ1) is 25.7. The number of para-hydroxylation sites is 2. The molecular formula is C39H38N2. The summed E-state index contributed by atoms with van der Waals surface area (Å²) >= 11 is 0. The van der Waals surface area contributed by atoms with Gasteiger partial charge in [0.05, 0.1) is 16.7 Å². The molecule has 1 aromatic heterocycles. The lowest BCUT2D eigenvalue weighted by atomic mass is 9.75. The van der Waals surface area contributed by atoms with Crippen molar-refractivity contribution in [2.75, 3.05) is 4.90 Å². The largest absolute Gasteiger partial charge is 0.310 e. The van der Waals surface area contributed by atoms with Crippen molar-refractivity contribution in [1.29, 1.82) is 0 Å². The van der Waals surface area contributed by atoms with Crippen LogP contribution in [0.25, 0.3) is 27.5 Å². The summed E-state index contributed by atoms with van der Waals surface area (Å²) in [4.78, 5) is 2.41. The van der Waals surface area contributed by atoms with E-state index in [1.807, 2.05) is 0 Å². The Bertz CT molecular complexity index is 1940. The predicted octanol–water partition coefficient (Wildman–Crippen LogP) is 10.8. The molecule has 1 aliphatic rings. The molecule has 0 spiro atoms. The van der Waals surface area contributed by atoms with E-state index < -0.39 is 0 Å². The Kier molecular flexibility index (Phi) is 5.54. The van der Waals surface area contributed by atoms with E-state index in [0.29, 0.717) is 0 Å². The lowest BCUT2D eigenvalue weighted by Gasteiger charge is -2.34. The van der Waals surface area contributed by atoms with Gasteiger partial charge >= 0.3 is 0 Å². The highest BCUT2D eigenvalue weighted by Crippen LogP contribution is 2.48. The van der Waals surface area contributed by atoms with Crippen molar-refractivity contribution < 1.29 is 0 Å². The van der Waals surface area contributed by atoms with E-state index in [1.165, 1.54) is 72.4 Å². The van der Waals surface area contributed by atoms with Crippen LogP contribution in [-0.2, 0) is 10.8 Å². The zero-order valence-corrected chi connectivity index (χ0v) is 25.2. The molecule has 0 radical (unpaired) electrons. The van der Waals surface area contributed by atoms with E-state index in [-0.39, 0.29) is 10.8 Å². The minimum Gasteiger partial charge on any atom is -0.310 e. The minimum absolute atomic E-state index is 0.0662. The second kappa shape index (κ2) is 8.85. The molecule has 2 heteroatoms. The second-order valence-electron chi connectivity index (χ2n) is 13.4. The van der Waals surface area contributed by atoms with Crippen LogP contribution >= 0.6 is 0 Å². The van der Waals surface area contributed by atoms with E-state index in [1.54, 1.807) is 0 Å². The number of anilines is 3. The number of benzene rings is 5. The smallest absolute Gasteiger partial charge is 0.0582 e. The van der Waals surface area contributed by atoms with Gasteiger partial charge in [-0.1, -0.05) is 89.2 Å². The van der Waals surface area contributed by atoms with Gasteiger partial charge in [-0.15, -0.1) is 0 Å². The zero-order valence-electron chi connectivity index (χ0n) is 25.2. The summed E-state index contributed by atoms with van der Waals surface area (Å²) in [5.41, 5.74) is 14.1. The molecule has 0 aliphatic carbocycles. The van der Waals surface area contributed by atoms with Crippen molar-refractivity contribution >= 4 is 38.9 Å². The molecular weight excluding hydrogens is 496 g/mol. The monoisotopic (exact) mass is 534 g/mol. The van der Waals surface area contributed by atoms with Gasteiger partial charge in [0.15, 0.2) is 0 Å². The van der Waals surface area contributed by atoms with E-state index >= 15 is 0 Å².